The van der Waals surface area contributed by atoms with Gasteiger partial charge in [0.15, 0.2) is 0 Å². The first-order valence-electron chi connectivity index (χ1n) is 5.81. The highest BCUT2D eigenvalue weighted by Crippen LogP contribution is 2.24. The highest BCUT2D eigenvalue weighted by molar-refractivity contribution is 9.10. The van der Waals surface area contributed by atoms with Crippen molar-refractivity contribution in [3.05, 3.63) is 22.7 Å². The molecule has 4 heteroatoms. The van der Waals surface area contributed by atoms with Crippen LogP contribution >= 0.6 is 15.9 Å². The van der Waals surface area contributed by atoms with Crippen LogP contribution in [0.15, 0.2) is 22.7 Å². The van der Waals surface area contributed by atoms with E-state index in [1.54, 1.807) is 0 Å². The van der Waals surface area contributed by atoms with Gasteiger partial charge in [-0.2, -0.15) is 0 Å². The van der Waals surface area contributed by atoms with Gasteiger partial charge in [-0.3, -0.25) is 0 Å². The van der Waals surface area contributed by atoms with Gasteiger partial charge in [-0.25, -0.2) is 0 Å². The Morgan fingerprint density at radius 1 is 1.47 bits per heavy atom. The average Bonchev–Trinajstić information content (AvgIpc) is 2.14. The Bertz CT molecular complexity index is 378. The third-order valence-corrected chi connectivity index (χ3v) is 3.01. The fourth-order valence-corrected chi connectivity index (χ4v) is 2.31. The highest BCUT2D eigenvalue weighted by atomic mass is 79.9. The molecule has 1 rings (SSSR count). The summed E-state index contributed by atoms with van der Waals surface area (Å²) in [5.74, 6) is 0.467. The quantitative estimate of drug-likeness (QED) is 0.732. The standard InChI is InChI=1S/C13H21BrN2O/c1-9(2)7-13(3,17)8-16-12-5-4-10(14)6-11(12)15/h4-6,9,16-17H,7-8,15H2,1-3H3. The molecule has 0 saturated heterocycles. The number of nitrogens with one attached hydrogen (secondary N) is 1. The van der Waals surface area contributed by atoms with Crippen LogP contribution in [0.3, 0.4) is 0 Å². The van der Waals surface area contributed by atoms with E-state index in [1.165, 1.54) is 0 Å². The fourth-order valence-electron chi connectivity index (χ4n) is 1.93. The van der Waals surface area contributed by atoms with E-state index < -0.39 is 5.60 Å². The van der Waals surface area contributed by atoms with Crippen LogP contribution in [-0.2, 0) is 0 Å². The summed E-state index contributed by atoms with van der Waals surface area (Å²) in [6, 6.07) is 5.68. The summed E-state index contributed by atoms with van der Waals surface area (Å²) < 4.78 is 0.953. The van der Waals surface area contributed by atoms with Crippen molar-refractivity contribution in [2.24, 2.45) is 5.92 Å². The van der Waals surface area contributed by atoms with Crippen molar-refractivity contribution in [3.8, 4) is 0 Å². The van der Waals surface area contributed by atoms with E-state index in [0.29, 0.717) is 18.2 Å². The molecule has 0 aliphatic carbocycles. The zero-order chi connectivity index (χ0) is 13.1. The third kappa shape index (κ3) is 4.96. The van der Waals surface area contributed by atoms with Crippen molar-refractivity contribution in [1.82, 2.24) is 0 Å². The van der Waals surface area contributed by atoms with Crippen molar-refractivity contribution >= 4 is 27.3 Å². The minimum atomic E-state index is -0.715. The van der Waals surface area contributed by atoms with Crippen LogP contribution in [0.5, 0.6) is 0 Å². The Labute approximate surface area is 112 Å². The van der Waals surface area contributed by atoms with E-state index in [4.69, 9.17) is 5.73 Å². The maximum atomic E-state index is 10.2. The van der Waals surface area contributed by atoms with Gasteiger partial charge in [0, 0.05) is 11.0 Å². The first-order valence-corrected chi connectivity index (χ1v) is 6.61. The SMILES string of the molecule is CC(C)CC(C)(O)CNc1ccc(Br)cc1N. The summed E-state index contributed by atoms with van der Waals surface area (Å²) in [4.78, 5) is 0. The van der Waals surface area contributed by atoms with E-state index in [1.807, 2.05) is 25.1 Å². The van der Waals surface area contributed by atoms with E-state index >= 15 is 0 Å². The molecule has 0 aromatic heterocycles. The average molecular weight is 301 g/mol. The molecule has 1 aromatic carbocycles. The predicted molar refractivity (Wildman–Crippen MR) is 77.1 cm³/mol. The smallest absolute Gasteiger partial charge is 0.0793 e. The monoisotopic (exact) mass is 300 g/mol. The van der Waals surface area contributed by atoms with Crippen LogP contribution in [0.25, 0.3) is 0 Å². The molecule has 17 heavy (non-hydrogen) atoms. The van der Waals surface area contributed by atoms with Crippen LogP contribution in [0.4, 0.5) is 11.4 Å². The van der Waals surface area contributed by atoms with Crippen molar-refractivity contribution in [2.45, 2.75) is 32.8 Å². The number of rotatable bonds is 5. The lowest BCUT2D eigenvalue weighted by molar-refractivity contribution is 0.0516. The second-order valence-corrected chi connectivity index (χ2v) is 6.10. The summed E-state index contributed by atoms with van der Waals surface area (Å²) in [6.07, 6.45) is 0.760. The summed E-state index contributed by atoms with van der Waals surface area (Å²) in [5, 5.41) is 13.4. The Hall–Kier alpha value is -0.740. The number of nitrogen functional groups attached to an aromatic ring is 1. The lowest BCUT2D eigenvalue weighted by Crippen LogP contribution is -2.35. The highest BCUT2D eigenvalue weighted by Gasteiger charge is 2.21. The number of aliphatic hydroxyl groups is 1. The maximum Gasteiger partial charge on any atom is 0.0793 e. The van der Waals surface area contributed by atoms with Gasteiger partial charge in [-0.15, -0.1) is 0 Å². The molecule has 0 fully saturated rings. The van der Waals surface area contributed by atoms with E-state index in [9.17, 15) is 5.11 Å². The van der Waals surface area contributed by atoms with Gasteiger partial charge >= 0.3 is 0 Å². The molecule has 0 heterocycles. The summed E-state index contributed by atoms with van der Waals surface area (Å²) in [6.45, 7) is 6.54. The van der Waals surface area contributed by atoms with Gasteiger partial charge in [-0.05, 0) is 37.5 Å². The Morgan fingerprint density at radius 3 is 2.65 bits per heavy atom. The van der Waals surface area contributed by atoms with Crippen LogP contribution < -0.4 is 11.1 Å². The van der Waals surface area contributed by atoms with Gasteiger partial charge in [0.2, 0.25) is 0 Å². The van der Waals surface area contributed by atoms with Gasteiger partial charge in [0.25, 0.3) is 0 Å². The van der Waals surface area contributed by atoms with E-state index in [-0.39, 0.29) is 0 Å². The largest absolute Gasteiger partial charge is 0.397 e. The zero-order valence-corrected chi connectivity index (χ0v) is 12.2. The lowest BCUT2D eigenvalue weighted by atomic mass is 9.94. The number of hydrogen-bond acceptors (Lipinski definition) is 3. The third-order valence-electron chi connectivity index (χ3n) is 2.52. The molecule has 0 aliphatic heterocycles. The first-order chi connectivity index (χ1) is 7.80. The van der Waals surface area contributed by atoms with Crippen molar-refractivity contribution in [1.29, 1.82) is 0 Å². The second-order valence-electron chi connectivity index (χ2n) is 5.18. The van der Waals surface area contributed by atoms with E-state index in [0.717, 1.165) is 16.6 Å². The Balaban J connectivity index is 2.61. The minimum absolute atomic E-state index is 0.467. The molecule has 1 atom stereocenters. The molecule has 4 N–H and O–H groups in total. The van der Waals surface area contributed by atoms with Crippen LogP contribution in [0.1, 0.15) is 27.2 Å². The topological polar surface area (TPSA) is 58.3 Å². The molecule has 1 aromatic rings. The van der Waals surface area contributed by atoms with Crippen LogP contribution in [0.2, 0.25) is 0 Å². The predicted octanol–water partition coefficient (Wildman–Crippen LogP) is 3.24. The molecule has 0 amide bonds. The Morgan fingerprint density at radius 2 is 2.12 bits per heavy atom. The summed E-state index contributed by atoms with van der Waals surface area (Å²) in [5.41, 5.74) is 6.70. The summed E-state index contributed by atoms with van der Waals surface area (Å²) >= 11 is 3.36. The minimum Gasteiger partial charge on any atom is -0.397 e. The lowest BCUT2D eigenvalue weighted by Gasteiger charge is -2.26. The van der Waals surface area contributed by atoms with Crippen LogP contribution in [0, 0.1) is 5.92 Å². The summed E-state index contributed by atoms with van der Waals surface area (Å²) in [7, 11) is 0. The van der Waals surface area contributed by atoms with E-state index in [2.05, 4.69) is 35.1 Å². The number of benzene rings is 1. The Kier molecular flexibility index (Phi) is 4.83. The molecule has 0 spiro atoms. The molecule has 3 nitrogen and oxygen atoms in total. The molecule has 96 valence electrons. The van der Waals surface area contributed by atoms with Gasteiger partial charge in [-0.1, -0.05) is 29.8 Å². The fraction of sp³-hybridized carbons (Fsp3) is 0.538. The normalized spacial score (nSPS) is 14.7. The first kappa shape index (κ1) is 14.3. The van der Waals surface area contributed by atoms with Gasteiger partial charge in [0.05, 0.1) is 17.0 Å². The zero-order valence-electron chi connectivity index (χ0n) is 10.6. The van der Waals surface area contributed by atoms with Gasteiger partial charge in [0.1, 0.15) is 0 Å². The van der Waals surface area contributed by atoms with Crippen molar-refractivity contribution in [2.75, 3.05) is 17.6 Å². The van der Waals surface area contributed by atoms with Crippen molar-refractivity contribution in [3.63, 3.8) is 0 Å². The number of halogens is 1. The molecule has 0 bridgehead atoms. The molecule has 0 saturated carbocycles. The van der Waals surface area contributed by atoms with Crippen LogP contribution in [-0.4, -0.2) is 17.3 Å². The number of hydrogen-bond donors (Lipinski definition) is 3. The molecule has 0 aliphatic rings. The molecule has 1 unspecified atom stereocenters. The maximum absolute atomic E-state index is 10.2. The molecular formula is C13H21BrN2O. The number of nitrogens with two attached hydrogens (primary N) is 1. The molecular weight excluding hydrogens is 280 g/mol. The van der Waals surface area contributed by atoms with Crippen molar-refractivity contribution < 1.29 is 5.11 Å². The second kappa shape index (κ2) is 5.74. The molecule has 0 radical (unpaired) electrons. The number of anilines is 2. The van der Waals surface area contributed by atoms with Gasteiger partial charge < -0.3 is 16.2 Å².